The van der Waals surface area contributed by atoms with E-state index in [1.165, 1.54) is 29.1 Å². The number of halogens is 1. The van der Waals surface area contributed by atoms with E-state index in [1.54, 1.807) is 13.1 Å². The van der Waals surface area contributed by atoms with Crippen LogP contribution in [-0.4, -0.2) is 20.6 Å². The van der Waals surface area contributed by atoms with Gasteiger partial charge in [-0.2, -0.15) is 5.10 Å². The lowest BCUT2D eigenvalue weighted by Crippen LogP contribution is -2.15. The molecule has 0 fully saturated rings. The summed E-state index contributed by atoms with van der Waals surface area (Å²) in [5.74, 6) is -0.0649. The summed E-state index contributed by atoms with van der Waals surface area (Å²) in [6.07, 6.45) is 1.52. The van der Waals surface area contributed by atoms with Gasteiger partial charge in [0.25, 0.3) is 11.6 Å². The number of nitro groups is 1. The van der Waals surface area contributed by atoms with Gasteiger partial charge in [0.2, 0.25) is 0 Å². The third-order valence-electron chi connectivity index (χ3n) is 2.48. The molecule has 0 saturated heterocycles. The zero-order chi connectivity index (χ0) is 14.0. The molecule has 0 spiro atoms. The Balaban J connectivity index is 2.32. The predicted molar refractivity (Wildman–Crippen MR) is 69.3 cm³/mol. The third-order valence-corrected chi connectivity index (χ3v) is 2.88. The maximum absolute atomic E-state index is 12.0. The Morgan fingerprint density at radius 1 is 1.47 bits per heavy atom. The van der Waals surface area contributed by atoms with Crippen molar-refractivity contribution in [1.29, 1.82) is 0 Å². The molecule has 0 bridgehead atoms. The van der Waals surface area contributed by atoms with E-state index < -0.39 is 10.8 Å². The van der Waals surface area contributed by atoms with Gasteiger partial charge in [0.1, 0.15) is 10.8 Å². The number of carbonyl (C=O) groups is 1. The molecule has 0 unspecified atom stereocenters. The van der Waals surface area contributed by atoms with E-state index in [0.29, 0.717) is 5.82 Å². The van der Waals surface area contributed by atoms with Gasteiger partial charge in [-0.05, 0) is 6.07 Å². The fourth-order valence-electron chi connectivity index (χ4n) is 1.52. The van der Waals surface area contributed by atoms with Crippen molar-refractivity contribution in [2.75, 3.05) is 5.32 Å². The van der Waals surface area contributed by atoms with Crippen molar-refractivity contribution in [3.8, 4) is 0 Å². The summed E-state index contributed by atoms with van der Waals surface area (Å²) in [5, 5.41) is 17.0. The van der Waals surface area contributed by atoms with Crippen LogP contribution < -0.4 is 5.32 Å². The van der Waals surface area contributed by atoms with E-state index >= 15 is 0 Å². The van der Waals surface area contributed by atoms with Crippen LogP contribution in [0.1, 0.15) is 10.4 Å². The lowest BCUT2D eigenvalue weighted by molar-refractivity contribution is -0.384. The number of hydrogen-bond donors (Lipinski definition) is 1. The van der Waals surface area contributed by atoms with Crippen LogP contribution >= 0.6 is 11.6 Å². The van der Waals surface area contributed by atoms with Crippen LogP contribution in [0.2, 0.25) is 5.02 Å². The summed E-state index contributed by atoms with van der Waals surface area (Å²) >= 11 is 5.85. The quantitative estimate of drug-likeness (QED) is 0.689. The molecule has 0 aliphatic rings. The van der Waals surface area contributed by atoms with E-state index in [4.69, 9.17) is 11.6 Å². The first kappa shape index (κ1) is 13.0. The molecule has 2 aromatic rings. The van der Waals surface area contributed by atoms with Gasteiger partial charge in [-0.1, -0.05) is 17.7 Å². The van der Waals surface area contributed by atoms with Crippen LogP contribution in [0.3, 0.4) is 0 Å². The minimum atomic E-state index is -0.636. The first-order chi connectivity index (χ1) is 9.00. The maximum Gasteiger partial charge on any atom is 0.288 e. The van der Waals surface area contributed by atoms with Gasteiger partial charge in [-0.15, -0.1) is 0 Å². The maximum atomic E-state index is 12.0. The molecular weight excluding hydrogens is 272 g/mol. The van der Waals surface area contributed by atoms with Crippen molar-refractivity contribution in [2.24, 2.45) is 7.05 Å². The fraction of sp³-hybridized carbons (Fsp3) is 0.0909. The molecule has 98 valence electrons. The van der Waals surface area contributed by atoms with E-state index in [9.17, 15) is 14.9 Å². The van der Waals surface area contributed by atoms with Crippen molar-refractivity contribution in [1.82, 2.24) is 9.78 Å². The number of nitro benzene ring substituents is 1. The molecule has 1 aromatic heterocycles. The molecular formula is C11H9ClN4O3. The molecule has 1 amide bonds. The normalized spacial score (nSPS) is 10.2. The number of aryl methyl sites for hydroxylation is 1. The highest BCUT2D eigenvalue weighted by Crippen LogP contribution is 2.28. The average molecular weight is 281 g/mol. The summed E-state index contributed by atoms with van der Waals surface area (Å²) in [6.45, 7) is 0. The van der Waals surface area contributed by atoms with Crippen LogP contribution in [-0.2, 0) is 7.05 Å². The largest absolute Gasteiger partial charge is 0.307 e. The Hall–Kier alpha value is -2.41. The zero-order valence-corrected chi connectivity index (χ0v) is 10.6. The van der Waals surface area contributed by atoms with Crippen LogP contribution in [0.15, 0.2) is 30.5 Å². The van der Waals surface area contributed by atoms with E-state index in [1.807, 2.05) is 0 Å². The predicted octanol–water partition coefficient (Wildman–Crippen LogP) is 2.23. The Morgan fingerprint density at radius 2 is 2.21 bits per heavy atom. The smallest absolute Gasteiger partial charge is 0.288 e. The van der Waals surface area contributed by atoms with Gasteiger partial charge < -0.3 is 5.32 Å². The Bertz CT molecular complexity index is 653. The number of hydrogen-bond acceptors (Lipinski definition) is 4. The molecule has 19 heavy (non-hydrogen) atoms. The van der Waals surface area contributed by atoms with Gasteiger partial charge in [0.15, 0.2) is 0 Å². The number of nitrogens with zero attached hydrogens (tertiary/aromatic N) is 3. The molecule has 0 aliphatic carbocycles. The first-order valence-electron chi connectivity index (χ1n) is 5.23. The molecule has 1 N–H and O–H groups in total. The van der Waals surface area contributed by atoms with Crippen molar-refractivity contribution in [3.05, 3.63) is 51.2 Å². The van der Waals surface area contributed by atoms with E-state index in [2.05, 4.69) is 10.4 Å². The van der Waals surface area contributed by atoms with Crippen LogP contribution in [0.5, 0.6) is 0 Å². The average Bonchev–Trinajstić information content (AvgIpc) is 2.74. The van der Waals surface area contributed by atoms with Crippen molar-refractivity contribution in [3.63, 3.8) is 0 Å². The van der Waals surface area contributed by atoms with Gasteiger partial charge in [0.05, 0.1) is 16.7 Å². The highest BCUT2D eigenvalue weighted by atomic mass is 35.5. The molecule has 8 heteroatoms. The Labute approximate surface area is 112 Å². The van der Waals surface area contributed by atoms with Gasteiger partial charge in [0, 0.05) is 19.2 Å². The SMILES string of the molecule is Cn1nccc1NC(=O)c1cccc([N+](=O)[O-])c1Cl. The van der Waals surface area contributed by atoms with Crippen LogP contribution in [0, 0.1) is 10.1 Å². The van der Waals surface area contributed by atoms with Gasteiger partial charge in [-0.3, -0.25) is 19.6 Å². The van der Waals surface area contributed by atoms with Gasteiger partial charge >= 0.3 is 0 Å². The fourth-order valence-corrected chi connectivity index (χ4v) is 1.80. The highest BCUT2D eigenvalue weighted by molar-refractivity contribution is 6.36. The molecule has 2 rings (SSSR count). The van der Waals surface area contributed by atoms with E-state index in [0.717, 1.165) is 0 Å². The van der Waals surface area contributed by atoms with Crippen LogP contribution in [0.4, 0.5) is 11.5 Å². The minimum absolute atomic E-state index is 0.0390. The molecule has 0 radical (unpaired) electrons. The monoisotopic (exact) mass is 280 g/mol. The second kappa shape index (κ2) is 5.07. The Kier molecular flexibility index (Phi) is 3.48. The molecule has 0 saturated carbocycles. The Morgan fingerprint density at radius 3 is 2.79 bits per heavy atom. The summed E-state index contributed by atoms with van der Waals surface area (Å²) in [4.78, 5) is 22.1. The van der Waals surface area contributed by atoms with Crippen molar-refractivity contribution in [2.45, 2.75) is 0 Å². The number of benzene rings is 1. The zero-order valence-electron chi connectivity index (χ0n) is 9.83. The summed E-state index contributed by atoms with van der Waals surface area (Å²) in [5.41, 5.74) is -0.267. The summed E-state index contributed by atoms with van der Waals surface area (Å²) in [6, 6.07) is 5.66. The van der Waals surface area contributed by atoms with Crippen LogP contribution in [0.25, 0.3) is 0 Å². The van der Waals surface area contributed by atoms with E-state index in [-0.39, 0.29) is 16.3 Å². The van der Waals surface area contributed by atoms with Crippen molar-refractivity contribution >= 4 is 29.0 Å². The molecule has 7 nitrogen and oxygen atoms in total. The number of amides is 1. The first-order valence-corrected chi connectivity index (χ1v) is 5.60. The summed E-state index contributed by atoms with van der Waals surface area (Å²) < 4.78 is 1.46. The number of carbonyl (C=O) groups excluding carboxylic acids is 1. The second-order valence-corrected chi connectivity index (χ2v) is 4.07. The summed E-state index contributed by atoms with van der Waals surface area (Å²) in [7, 11) is 1.66. The standard InChI is InChI=1S/C11H9ClN4O3/c1-15-9(5-6-13-15)14-11(17)7-3-2-4-8(10(7)12)16(18)19/h2-6H,1H3,(H,14,17). The minimum Gasteiger partial charge on any atom is -0.307 e. The van der Waals surface area contributed by atoms with Gasteiger partial charge in [-0.25, -0.2) is 0 Å². The number of aromatic nitrogens is 2. The number of anilines is 1. The number of nitrogens with one attached hydrogen (secondary N) is 1. The highest BCUT2D eigenvalue weighted by Gasteiger charge is 2.20. The molecule has 0 atom stereocenters. The topological polar surface area (TPSA) is 90.1 Å². The molecule has 1 heterocycles. The third kappa shape index (κ3) is 2.55. The molecule has 0 aliphatic heterocycles. The lowest BCUT2D eigenvalue weighted by Gasteiger charge is -2.06. The lowest BCUT2D eigenvalue weighted by atomic mass is 10.2. The molecule has 1 aromatic carbocycles. The van der Waals surface area contributed by atoms with Crippen molar-refractivity contribution < 1.29 is 9.72 Å². The second-order valence-electron chi connectivity index (χ2n) is 3.69. The number of rotatable bonds is 3.